The van der Waals surface area contributed by atoms with Gasteiger partial charge in [-0.2, -0.15) is 0 Å². The first kappa shape index (κ1) is 53.4. The van der Waals surface area contributed by atoms with Gasteiger partial charge in [-0.1, -0.05) is 264 Å². The lowest BCUT2D eigenvalue weighted by molar-refractivity contribution is -0.124. The average Bonchev–Trinajstić information content (AvgIpc) is 3.18. The molecule has 0 saturated heterocycles. The van der Waals surface area contributed by atoms with Crippen LogP contribution >= 0.6 is 0 Å². The third-order valence-corrected chi connectivity index (χ3v) is 12.0. The minimum atomic E-state index is -1.13. The number of amides is 1. The first-order valence-corrected chi connectivity index (χ1v) is 24.8. The van der Waals surface area contributed by atoms with Crippen LogP contribution in [0.15, 0.2) is 0 Å². The van der Waals surface area contributed by atoms with Gasteiger partial charge in [-0.15, -0.1) is 0 Å². The van der Waals surface area contributed by atoms with Gasteiger partial charge < -0.3 is 20.6 Å². The van der Waals surface area contributed by atoms with E-state index in [-0.39, 0.29) is 12.5 Å². The van der Waals surface area contributed by atoms with E-state index < -0.39 is 18.2 Å². The van der Waals surface area contributed by atoms with Crippen LogP contribution in [0.5, 0.6) is 0 Å². The summed E-state index contributed by atoms with van der Waals surface area (Å²) in [4.78, 5) is 12.5. The smallest absolute Gasteiger partial charge is 0.220 e. The van der Waals surface area contributed by atoms with Crippen LogP contribution in [0.2, 0.25) is 0 Å². The lowest BCUT2D eigenvalue weighted by atomic mass is 9.99. The molecule has 0 heterocycles. The summed E-state index contributed by atoms with van der Waals surface area (Å²) in [6, 6.07) is -0.803. The van der Waals surface area contributed by atoms with Gasteiger partial charge in [-0.05, 0) is 12.8 Å². The standard InChI is InChI=1S/C49H99NO4/c1-3-5-7-9-11-13-15-17-19-21-22-23-24-25-26-28-29-31-33-35-37-39-41-43-47(52)49(54)46(45-51)50-48(53)44-42-40-38-36-34-32-30-27-20-18-16-14-12-10-8-6-4-2/h46-47,49,51-52,54H,3-45H2,1-2H3,(H,50,53). The molecule has 0 aromatic heterocycles. The van der Waals surface area contributed by atoms with Gasteiger partial charge in [0.1, 0.15) is 6.10 Å². The Morgan fingerprint density at radius 1 is 0.389 bits per heavy atom. The number of hydrogen-bond donors (Lipinski definition) is 4. The van der Waals surface area contributed by atoms with E-state index in [0.29, 0.717) is 12.8 Å². The predicted molar refractivity (Wildman–Crippen MR) is 236 cm³/mol. The molecule has 0 bridgehead atoms. The Balaban J connectivity index is 3.53. The van der Waals surface area contributed by atoms with Gasteiger partial charge in [-0.25, -0.2) is 0 Å². The fraction of sp³-hybridized carbons (Fsp3) is 0.980. The summed E-state index contributed by atoms with van der Waals surface area (Å²) < 4.78 is 0. The molecular formula is C49H99NO4. The largest absolute Gasteiger partial charge is 0.394 e. The minimum Gasteiger partial charge on any atom is -0.394 e. The quantitative estimate of drug-likeness (QED) is 0.0465. The van der Waals surface area contributed by atoms with E-state index in [9.17, 15) is 20.1 Å². The number of hydrogen-bond acceptors (Lipinski definition) is 4. The van der Waals surface area contributed by atoms with Crippen LogP contribution in [0.4, 0.5) is 0 Å². The number of carbonyl (C=O) groups is 1. The summed E-state index contributed by atoms with van der Waals surface area (Å²) in [7, 11) is 0. The van der Waals surface area contributed by atoms with Crippen molar-refractivity contribution in [1.29, 1.82) is 0 Å². The first-order valence-electron chi connectivity index (χ1n) is 24.8. The van der Waals surface area contributed by atoms with E-state index in [4.69, 9.17) is 0 Å². The van der Waals surface area contributed by atoms with Gasteiger partial charge in [-0.3, -0.25) is 4.79 Å². The molecule has 0 rings (SSSR count). The Hall–Kier alpha value is -0.650. The molecule has 0 aliphatic carbocycles. The second-order valence-electron chi connectivity index (χ2n) is 17.4. The van der Waals surface area contributed by atoms with Crippen molar-refractivity contribution in [3.05, 3.63) is 0 Å². The molecule has 5 heteroatoms. The Morgan fingerprint density at radius 3 is 0.889 bits per heavy atom. The average molecular weight is 766 g/mol. The van der Waals surface area contributed by atoms with Gasteiger partial charge in [0, 0.05) is 6.42 Å². The maximum atomic E-state index is 12.5. The van der Waals surface area contributed by atoms with Gasteiger partial charge >= 0.3 is 0 Å². The summed E-state index contributed by atoms with van der Waals surface area (Å²) in [5, 5.41) is 33.7. The normalized spacial score (nSPS) is 13.4. The molecule has 0 aliphatic heterocycles. The van der Waals surface area contributed by atoms with E-state index in [1.807, 2.05) is 0 Å². The lowest BCUT2D eigenvalue weighted by Crippen LogP contribution is -2.50. The first-order chi connectivity index (χ1) is 26.6. The van der Waals surface area contributed by atoms with Gasteiger partial charge in [0.2, 0.25) is 5.91 Å². The summed E-state index contributed by atoms with van der Waals surface area (Å²) in [5.74, 6) is -0.138. The molecule has 0 fully saturated rings. The number of nitrogens with one attached hydrogen (secondary N) is 1. The van der Waals surface area contributed by atoms with Crippen molar-refractivity contribution < 1.29 is 20.1 Å². The highest BCUT2D eigenvalue weighted by atomic mass is 16.3. The molecule has 5 nitrogen and oxygen atoms in total. The zero-order chi connectivity index (χ0) is 39.4. The fourth-order valence-corrected chi connectivity index (χ4v) is 8.11. The molecule has 0 aromatic rings. The summed E-state index contributed by atoms with van der Waals surface area (Å²) in [6.45, 7) is 4.21. The molecule has 0 radical (unpaired) electrons. The number of aliphatic hydroxyl groups excluding tert-OH is 3. The molecule has 0 saturated carbocycles. The topological polar surface area (TPSA) is 89.8 Å². The van der Waals surface area contributed by atoms with Crippen LogP contribution in [0.1, 0.15) is 284 Å². The highest BCUT2D eigenvalue weighted by Gasteiger charge is 2.26. The van der Waals surface area contributed by atoms with Crippen molar-refractivity contribution >= 4 is 5.91 Å². The van der Waals surface area contributed by atoms with E-state index >= 15 is 0 Å². The van der Waals surface area contributed by atoms with Crippen molar-refractivity contribution in [1.82, 2.24) is 5.32 Å². The Bertz CT molecular complexity index is 718. The Kier molecular flexibility index (Phi) is 44.5. The van der Waals surface area contributed by atoms with Gasteiger partial charge in [0.25, 0.3) is 0 Å². The van der Waals surface area contributed by atoms with E-state index in [1.165, 1.54) is 225 Å². The van der Waals surface area contributed by atoms with Crippen LogP contribution in [-0.4, -0.2) is 46.1 Å². The summed E-state index contributed by atoms with van der Waals surface area (Å²) >= 11 is 0. The van der Waals surface area contributed by atoms with Crippen molar-refractivity contribution in [2.24, 2.45) is 0 Å². The highest BCUT2D eigenvalue weighted by Crippen LogP contribution is 2.18. The van der Waals surface area contributed by atoms with Crippen LogP contribution in [0, 0.1) is 0 Å². The van der Waals surface area contributed by atoms with E-state index in [2.05, 4.69) is 19.2 Å². The third-order valence-electron chi connectivity index (χ3n) is 12.0. The maximum absolute atomic E-state index is 12.5. The second kappa shape index (κ2) is 45.1. The number of unbranched alkanes of at least 4 members (excludes halogenated alkanes) is 38. The van der Waals surface area contributed by atoms with Crippen LogP contribution in [0.3, 0.4) is 0 Å². The molecule has 3 unspecified atom stereocenters. The Morgan fingerprint density at radius 2 is 0.630 bits per heavy atom. The maximum Gasteiger partial charge on any atom is 0.220 e. The second-order valence-corrected chi connectivity index (χ2v) is 17.4. The molecule has 54 heavy (non-hydrogen) atoms. The molecule has 0 spiro atoms. The summed E-state index contributed by atoms with van der Waals surface area (Å²) in [5.41, 5.74) is 0. The monoisotopic (exact) mass is 766 g/mol. The van der Waals surface area contributed by atoms with Crippen molar-refractivity contribution in [2.45, 2.75) is 302 Å². The number of aliphatic hydroxyl groups is 3. The molecule has 0 aliphatic rings. The minimum absolute atomic E-state index is 0.138. The number of rotatable bonds is 46. The Labute approximate surface area is 338 Å². The predicted octanol–water partition coefficient (Wildman–Crippen LogP) is 14.6. The van der Waals surface area contributed by atoms with Gasteiger partial charge in [0.15, 0.2) is 0 Å². The van der Waals surface area contributed by atoms with Gasteiger partial charge in [0.05, 0.1) is 18.8 Å². The zero-order valence-corrected chi connectivity index (χ0v) is 36.9. The van der Waals surface area contributed by atoms with Crippen LogP contribution in [-0.2, 0) is 4.79 Å². The lowest BCUT2D eigenvalue weighted by Gasteiger charge is -2.26. The van der Waals surface area contributed by atoms with Crippen molar-refractivity contribution in [2.75, 3.05) is 6.61 Å². The molecule has 3 atom stereocenters. The molecule has 324 valence electrons. The van der Waals surface area contributed by atoms with Crippen molar-refractivity contribution in [3.8, 4) is 0 Å². The van der Waals surface area contributed by atoms with Crippen molar-refractivity contribution in [3.63, 3.8) is 0 Å². The number of carbonyl (C=O) groups excluding carboxylic acids is 1. The molecular weight excluding hydrogens is 667 g/mol. The molecule has 1 amide bonds. The van der Waals surface area contributed by atoms with E-state index in [1.54, 1.807) is 0 Å². The fourth-order valence-electron chi connectivity index (χ4n) is 8.11. The van der Waals surface area contributed by atoms with Crippen LogP contribution < -0.4 is 5.32 Å². The SMILES string of the molecule is CCCCCCCCCCCCCCCCCCCCCCCCCC(O)C(O)C(CO)NC(=O)CCCCCCCCCCCCCCCCCCC. The highest BCUT2D eigenvalue weighted by molar-refractivity contribution is 5.76. The zero-order valence-electron chi connectivity index (χ0n) is 36.9. The summed E-state index contributed by atoms with van der Waals surface area (Å²) in [6.07, 6.45) is 52.3. The molecule has 4 N–H and O–H groups in total. The van der Waals surface area contributed by atoms with E-state index in [0.717, 1.165) is 32.1 Å². The van der Waals surface area contributed by atoms with Crippen LogP contribution in [0.25, 0.3) is 0 Å². The third kappa shape index (κ3) is 39.6. The molecule has 0 aromatic carbocycles.